The summed E-state index contributed by atoms with van der Waals surface area (Å²) in [5, 5.41) is 15.1. The molecular weight excluding hydrogens is 416 g/mol. The molecule has 1 saturated heterocycles. The van der Waals surface area contributed by atoms with Gasteiger partial charge in [-0.25, -0.2) is 0 Å². The lowest BCUT2D eigenvalue weighted by Gasteiger charge is -2.32. The first kappa shape index (κ1) is 20.9. The molecule has 1 fully saturated rings. The molecule has 9 heteroatoms. The highest BCUT2D eigenvalue weighted by Crippen LogP contribution is 2.34. The van der Waals surface area contributed by atoms with Crippen LogP contribution in [0.5, 0.6) is 0 Å². The van der Waals surface area contributed by atoms with Crippen LogP contribution in [0.2, 0.25) is 5.02 Å². The quantitative estimate of drug-likeness (QED) is 0.419. The fraction of sp³-hybridized carbons (Fsp3) is 0.273. The molecule has 31 heavy (non-hydrogen) atoms. The first-order chi connectivity index (χ1) is 15.0. The number of piperidine rings is 1. The van der Waals surface area contributed by atoms with Gasteiger partial charge in [-0.1, -0.05) is 48.0 Å². The number of nitrogens with one attached hydrogen (secondary N) is 1. The fourth-order valence-electron chi connectivity index (χ4n) is 3.86. The van der Waals surface area contributed by atoms with Gasteiger partial charge in [-0.15, -0.1) is 0 Å². The summed E-state index contributed by atoms with van der Waals surface area (Å²) in [5.41, 5.74) is 7.53. The fourth-order valence-corrected chi connectivity index (χ4v) is 4.05. The van der Waals surface area contributed by atoms with Crippen LogP contribution in [0, 0.1) is 16.0 Å². The molecule has 160 valence electrons. The predicted molar refractivity (Wildman–Crippen MR) is 123 cm³/mol. The molecular formula is C22H23ClN6O2. The number of aromatic nitrogens is 2. The zero-order valence-electron chi connectivity index (χ0n) is 16.9. The van der Waals surface area contributed by atoms with Gasteiger partial charge in [0.2, 0.25) is 17.6 Å². The molecule has 0 unspecified atom stereocenters. The number of benzene rings is 2. The van der Waals surface area contributed by atoms with Crippen LogP contribution >= 0.6 is 11.6 Å². The molecule has 0 radical (unpaired) electrons. The van der Waals surface area contributed by atoms with Gasteiger partial charge in [0.05, 0.1) is 4.92 Å². The van der Waals surface area contributed by atoms with Gasteiger partial charge in [0, 0.05) is 23.8 Å². The van der Waals surface area contributed by atoms with E-state index in [1.54, 1.807) is 24.3 Å². The van der Waals surface area contributed by atoms with Gasteiger partial charge in [0.1, 0.15) is 0 Å². The first-order valence-corrected chi connectivity index (χ1v) is 10.5. The molecule has 4 rings (SSSR count). The molecule has 3 aromatic rings. The first-order valence-electron chi connectivity index (χ1n) is 10.1. The second kappa shape index (κ2) is 9.18. The van der Waals surface area contributed by atoms with Crippen molar-refractivity contribution in [1.82, 2.24) is 9.97 Å². The Morgan fingerprint density at radius 1 is 1.13 bits per heavy atom. The van der Waals surface area contributed by atoms with Crippen molar-refractivity contribution in [2.75, 3.05) is 29.0 Å². The normalized spacial score (nSPS) is 14.4. The van der Waals surface area contributed by atoms with E-state index in [2.05, 4.69) is 39.6 Å². The third-order valence-corrected chi connectivity index (χ3v) is 5.67. The molecule has 1 aliphatic heterocycles. The summed E-state index contributed by atoms with van der Waals surface area (Å²) >= 11 is 6.03. The summed E-state index contributed by atoms with van der Waals surface area (Å²) in [5.74, 6) is 0.871. The minimum Gasteiger partial charge on any atom is -0.378 e. The number of nitrogens with two attached hydrogens (primary N) is 1. The maximum atomic E-state index is 11.6. The van der Waals surface area contributed by atoms with Crippen molar-refractivity contribution in [3.63, 3.8) is 0 Å². The van der Waals surface area contributed by atoms with Crippen LogP contribution in [0.3, 0.4) is 0 Å². The van der Waals surface area contributed by atoms with Crippen molar-refractivity contribution >= 4 is 40.6 Å². The third kappa shape index (κ3) is 5.03. The van der Waals surface area contributed by atoms with Crippen molar-refractivity contribution in [3.05, 3.63) is 75.3 Å². The van der Waals surface area contributed by atoms with E-state index in [0.717, 1.165) is 32.4 Å². The molecule has 0 bridgehead atoms. The monoisotopic (exact) mass is 438 g/mol. The lowest BCUT2D eigenvalue weighted by atomic mass is 9.90. The Morgan fingerprint density at radius 3 is 2.55 bits per heavy atom. The van der Waals surface area contributed by atoms with Crippen LogP contribution in [0.4, 0.5) is 29.0 Å². The minimum absolute atomic E-state index is 0.0566. The van der Waals surface area contributed by atoms with Gasteiger partial charge in [0.25, 0.3) is 0 Å². The van der Waals surface area contributed by atoms with E-state index in [1.807, 2.05) is 11.0 Å². The molecule has 3 N–H and O–H groups in total. The lowest BCUT2D eigenvalue weighted by Crippen LogP contribution is -2.35. The van der Waals surface area contributed by atoms with Crippen LogP contribution in [0.1, 0.15) is 18.4 Å². The van der Waals surface area contributed by atoms with Gasteiger partial charge < -0.3 is 16.0 Å². The van der Waals surface area contributed by atoms with E-state index in [0.29, 0.717) is 22.6 Å². The number of nitro groups is 1. The Kier molecular flexibility index (Phi) is 6.18. The number of rotatable bonds is 6. The highest BCUT2D eigenvalue weighted by Gasteiger charge is 2.27. The summed E-state index contributed by atoms with van der Waals surface area (Å²) in [6, 6.07) is 17.3. The summed E-state index contributed by atoms with van der Waals surface area (Å²) in [6.07, 6.45) is 3.03. The number of nitrogens with zero attached hydrogens (tertiary/aromatic N) is 4. The molecule has 2 aromatic carbocycles. The van der Waals surface area contributed by atoms with Crippen molar-refractivity contribution in [3.8, 4) is 0 Å². The molecule has 1 aliphatic rings. The molecule has 2 heterocycles. The summed E-state index contributed by atoms with van der Waals surface area (Å²) in [6.45, 7) is 1.54. The van der Waals surface area contributed by atoms with Crippen molar-refractivity contribution in [2.24, 2.45) is 5.92 Å². The second-order valence-corrected chi connectivity index (χ2v) is 8.06. The van der Waals surface area contributed by atoms with Gasteiger partial charge in [-0.3, -0.25) is 10.1 Å². The zero-order chi connectivity index (χ0) is 21.8. The summed E-state index contributed by atoms with van der Waals surface area (Å²) < 4.78 is 0. The number of halogens is 1. The molecule has 0 spiro atoms. The summed E-state index contributed by atoms with van der Waals surface area (Å²) in [7, 11) is 0. The van der Waals surface area contributed by atoms with Gasteiger partial charge in [0.15, 0.2) is 0 Å². The van der Waals surface area contributed by atoms with E-state index in [4.69, 9.17) is 17.3 Å². The molecule has 8 nitrogen and oxygen atoms in total. The maximum Gasteiger partial charge on any atom is 0.353 e. The predicted octanol–water partition coefficient (Wildman–Crippen LogP) is 4.82. The highest BCUT2D eigenvalue weighted by atomic mass is 35.5. The molecule has 0 saturated carbocycles. The molecule has 1 aromatic heterocycles. The van der Waals surface area contributed by atoms with Crippen LogP contribution < -0.4 is 16.0 Å². The average Bonchev–Trinajstić information content (AvgIpc) is 2.74. The van der Waals surface area contributed by atoms with Gasteiger partial charge in [-0.05, 0) is 48.9 Å². The maximum absolute atomic E-state index is 11.6. The molecule has 0 aliphatic carbocycles. The van der Waals surface area contributed by atoms with Crippen molar-refractivity contribution in [1.29, 1.82) is 0 Å². The number of hydrogen-bond acceptors (Lipinski definition) is 7. The van der Waals surface area contributed by atoms with Crippen LogP contribution in [0.15, 0.2) is 54.6 Å². The zero-order valence-corrected chi connectivity index (χ0v) is 17.6. The topological polar surface area (TPSA) is 110 Å². The lowest BCUT2D eigenvalue weighted by molar-refractivity contribution is -0.383. The van der Waals surface area contributed by atoms with E-state index in [1.165, 1.54) is 5.56 Å². The second-order valence-electron chi connectivity index (χ2n) is 7.62. The summed E-state index contributed by atoms with van der Waals surface area (Å²) in [4.78, 5) is 21.7. The van der Waals surface area contributed by atoms with Crippen molar-refractivity contribution in [2.45, 2.75) is 19.3 Å². The van der Waals surface area contributed by atoms with E-state index < -0.39 is 4.92 Å². The van der Waals surface area contributed by atoms with Crippen molar-refractivity contribution < 1.29 is 4.92 Å². The smallest absolute Gasteiger partial charge is 0.353 e. The van der Waals surface area contributed by atoms with Crippen LogP contribution in [-0.2, 0) is 6.42 Å². The Morgan fingerprint density at radius 2 is 1.87 bits per heavy atom. The Balaban J connectivity index is 1.52. The van der Waals surface area contributed by atoms with Gasteiger partial charge >= 0.3 is 5.69 Å². The molecule has 0 atom stereocenters. The SMILES string of the molecule is Nc1nc(N2CCC(Cc3ccccc3)CC2)nc(Nc2cccc(Cl)c2)c1[N+](=O)[O-]. The van der Waals surface area contributed by atoms with E-state index in [9.17, 15) is 10.1 Å². The number of hydrogen-bond donors (Lipinski definition) is 2. The number of nitrogen functional groups attached to an aromatic ring is 1. The largest absolute Gasteiger partial charge is 0.378 e. The standard InChI is InChI=1S/C22H23ClN6O2/c23-17-7-4-8-18(14-17)25-21-19(29(30)31)20(24)26-22(27-21)28-11-9-16(10-12-28)13-15-5-2-1-3-6-15/h1-8,14,16H,9-13H2,(H3,24,25,26,27). The van der Waals surface area contributed by atoms with Crippen LogP contribution in [-0.4, -0.2) is 28.0 Å². The van der Waals surface area contributed by atoms with Gasteiger partial charge in [-0.2, -0.15) is 9.97 Å². The Bertz CT molecular complexity index is 1070. The minimum atomic E-state index is -0.571. The third-order valence-electron chi connectivity index (χ3n) is 5.43. The Hall–Kier alpha value is -3.39. The number of anilines is 4. The molecule has 0 amide bonds. The van der Waals surface area contributed by atoms with E-state index in [-0.39, 0.29) is 17.3 Å². The highest BCUT2D eigenvalue weighted by molar-refractivity contribution is 6.30. The van der Waals surface area contributed by atoms with Crippen LogP contribution in [0.25, 0.3) is 0 Å². The average molecular weight is 439 g/mol. The Labute approximate surface area is 185 Å². The van der Waals surface area contributed by atoms with E-state index >= 15 is 0 Å².